The third-order valence-corrected chi connectivity index (χ3v) is 14.0. The monoisotopic (exact) mass is 785 g/mol. The van der Waals surface area contributed by atoms with E-state index in [1.807, 2.05) is 60.7 Å². The van der Waals surface area contributed by atoms with Crippen LogP contribution >= 0.6 is 17.7 Å². The van der Waals surface area contributed by atoms with Gasteiger partial charge in [0, 0.05) is 0 Å². The number of benzene rings is 2. The number of nitrogens with zero attached hydrogens (tertiary/aromatic N) is 5. The molecule has 13 nitrogen and oxygen atoms in total. The number of fused-ring (bicyclic) bond motifs is 2. The van der Waals surface area contributed by atoms with Gasteiger partial charge in [0.2, 0.25) is 0 Å². The van der Waals surface area contributed by atoms with E-state index in [1.54, 1.807) is 43.7 Å². The molecule has 2 heterocycles. The predicted octanol–water partition coefficient (Wildman–Crippen LogP) is 4.01. The van der Waals surface area contributed by atoms with Gasteiger partial charge in [-0.15, -0.1) is 0 Å². The Kier molecular flexibility index (Phi) is 16.6. The molecule has 5 N–H and O–H groups in total. The Balaban J connectivity index is 0.00000600. The maximum Gasteiger partial charge on any atom is -0.412 e. The van der Waals surface area contributed by atoms with Gasteiger partial charge in [-0.25, -0.2) is 0 Å². The third kappa shape index (κ3) is 13.6. The number of hydrogen-bond acceptors (Lipinski definition) is 13. The first-order valence-corrected chi connectivity index (χ1v) is 22.1. The first kappa shape index (κ1) is 37.9. The summed E-state index contributed by atoms with van der Waals surface area (Å²) in [6, 6.07) is 22.9. The molecule has 1 aliphatic rings. The van der Waals surface area contributed by atoms with Crippen LogP contribution in [0.4, 0.5) is 11.4 Å². The van der Waals surface area contributed by atoms with Crippen LogP contribution in [0.25, 0.3) is 0 Å². The zero-order valence-corrected chi connectivity index (χ0v) is 30.3. The summed E-state index contributed by atoms with van der Waals surface area (Å²) >= 11 is -0.999. The van der Waals surface area contributed by atoms with Gasteiger partial charge in [0.25, 0.3) is 0 Å². The molecule has 1 aliphatic heterocycles. The normalized spacial score (nSPS) is 17.9. The minimum atomic E-state index is -0.999. The minimum Gasteiger partial charge on any atom is -0.412 e. The first-order valence-electron chi connectivity index (χ1n) is 14.3. The molecule has 2 bridgehead atoms. The Hall–Kier alpha value is -3.59. The maximum absolute atomic E-state index is 13.2. The topological polar surface area (TPSA) is 183 Å². The molecule has 1 amide bonds. The predicted molar refractivity (Wildman–Crippen MR) is 193 cm³/mol. The van der Waals surface area contributed by atoms with E-state index < -0.39 is 18.8 Å². The van der Waals surface area contributed by atoms with E-state index in [-0.39, 0.29) is 36.9 Å². The SMILES string of the molecule is CC(=O)COCCOCCNC(=O)c1cc2nc(c1)/C(C)=N/N=C(/Nc1ccccc1)[S][Sb][S]/C(Nc1ccccc1)=N\N=C\2C.O. The molecular formula is C31H36N8O5S2Sb. The van der Waals surface area contributed by atoms with Crippen molar-refractivity contribution in [2.24, 2.45) is 20.4 Å². The van der Waals surface area contributed by atoms with Gasteiger partial charge in [-0.05, 0) is 6.92 Å². The molecule has 0 saturated heterocycles. The summed E-state index contributed by atoms with van der Waals surface area (Å²) in [7, 11) is 3.23. The van der Waals surface area contributed by atoms with Crippen molar-refractivity contribution in [3.8, 4) is 0 Å². The van der Waals surface area contributed by atoms with Crippen molar-refractivity contribution in [2.45, 2.75) is 20.8 Å². The number of carbonyl (C=O) groups is 2. The van der Waals surface area contributed by atoms with Crippen molar-refractivity contribution >= 4 is 81.3 Å². The molecule has 3 aromatic rings. The second-order valence-corrected chi connectivity index (χ2v) is 18.4. The summed E-state index contributed by atoms with van der Waals surface area (Å²) in [6.45, 7) is 6.32. The number of ketones is 1. The number of para-hydroxylation sites is 2. The molecule has 0 spiro atoms. The molecule has 1 radical (unpaired) electrons. The van der Waals surface area contributed by atoms with Crippen LogP contribution in [0, 0.1) is 0 Å². The number of aromatic nitrogens is 1. The summed E-state index contributed by atoms with van der Waals surface area (Å²) in [5, 5.41) is 29.0. The number of amidine groups is 2. The van der Waals surface area contributed by atoms with Crippen molar-refractivity contribution < 1.29 is 24.5 Å². The number of nitrogens with one attached hydrogen (secondary N) is 3. The summed E-state index contributed by atoms with van der Waals surface area (Å²) < 4.78 is 10.7. The fraction of sp³-hybridized carbons (Fsp3) is 0.258. The Morgan fingerprint density at radius 3 is 1.77 bits per heavy atom. The van der Waals surface area contributed by atoms with Crippen LogP contribution in [-0.4, -0.2) is 95.7 Å². The van der Waals surface area contributed by atoms with Gasteiger partial charge in [0.15, 0.2) is 5.78 Å². The van der Waals surface area contributed by atoms with Gasteiger partial charge < -0.3 is 14.9 Å². The van der Waals surface area contributed by atoms with Crippen LogP contribution in [0.1, 0.15) is 42.5 Å². The van der Waals surface area contributed by atoms with E-state index >= 15 is 0 Å². The largest absolute Gasteiger partial charge is 0.412 e. The number of carbonyl (C=O) groups excluding carboxylic acids is 2. The van der Waals surface area contributed by atoms with Gasteiger partial charge in [-0.3, -0.25) is 4.79 Å². The average Bonchev–Trinajstić information content (AvgIpc) is 3.06. The van der Waals surface area contributed by atoms with Gasteiger partial charge >= 0.3 is 238 Å². The van der Waals surface area contributed by atoms with Crippen molar-refractivity contribution in [1.29, 1.82) is 0 Å². The quantitative estimate of drug-likeness (QED) is 0.191. The zero-order valence-electron chi connectivity index (χ0n) is 26.1. The van der Waals surface area contributed by atoms with Crippen LogP contribution in [0.3, 0.4) is 0 Å². The number of anilines is 2. The van der Waals surface area contributed by atoms with E-state index in [0.29, 0.717) is 51.9 Å². The molecule has 1 aromatic heterocycles. The minimum absolute atomic E-state index is 0. The first-order chi connectivity index (χ1) is 22.4. The molecule has 47 heavy (non-hydrogen) atoms. The number of ether oxygens (including phenoxy) is 2. The van der Waals surface area contributed by atoms with E-state index in [2.05, 4.69) is 36.4 Å². The van der Waals surface area contributed by atoms with Crippen molar-refractivity contribution in [2.75, 3.05) is 43.6 Å². The van der Waals surface area contributed by atoms with E-state index in [0.717, 1.165) is 11.4 Å². The fourth-order valence-corrected chi connectivity index (χ4v) is 10.8. The van der Waals surface area contributed by atoms with Crippen LogP contribution in [0.15, 0.2) is 93.2 Å². The Morgan fingerprint density at radius 2 is 1.26 bits per heavy atom. The van der Waals surface area contributed by atoms with Crippen molar-refractivity contribution in [3.63, 3.8) is 0 Å². The number of pyridine rings is 1. The Morgan fingerprint density at radius 1 is 0.745 bits per heavy atom. The number of rotatable bonds is 11. The standard InChI is InChI=1S/C31H36N8O4S2.H2O.Sb/c1-21(40)20-43-17-16-42-15-14-32-29(41)24-18-27(22(2)36-38-30(44)33-25-10-6-4-7-11-25)35-28(19-24)23(3)37-39-31(45)34-26-12-8-5-9-13-26;;/h4-13,18-19H,14-17,20H2,1-3H3,(H,32,41)(H2,33,38,44)(H2,34,39,45);1H2;/q;;+2/p-2/b36-22+,37-23+;;. The summed E-state index contributed by atoms with van der Waals surface area (Å²) in [5.41, 5.74) is 4.22. The fourth-order valence-electron chi connectivity index (χ4n) is 3.66. The molecule has 0 unspecified atom stereocenters. The number of Topliss-reactive ketones (excluding diaryl/α,β-unsaturated/α-hetero) is 1. The zero-order chi connectivity index (χ0) is 32.6. The third-order valence-electron chi connectivity index (χ3n) is 5.92. The average molecular weight is 787 g/mol. The van der Waals surface area contributed by atoms with E-state index in [1.165, 1.54) is 6.92 Å². The van der Waals surface area contributed by atoms with Crippen LogP contribution < -0.4 is 16.0 Å². The molecule has 4 rings (SSSR count). The second kappa shape index (κ2) is 20.6. The van der Waals surface area contributed by atoms with Crippen molar-refractivity contribution in [1.82, 2.24) is 10.3 Å². The molecule has 0 fully saturated rings. The number of hydrogen-bond donors (Lipinski definition) is 3. The molecular weight excluding hydrogens is 750 g/mol. The second-order valence-electron chi connectivity index (χ2n) is 9.67. The summed E-state index contributed by atoms with van der Waals surface area (Å²) in [6.07, 6.45) is 0. The van der Waals surface area contributed by atoms with Gasteiger partial charge in [0.05, 0.1) is 13.2 Å². The van der Waals surface area contributed by atoms with Crippen LogP contribution in [0.2, 0.25) is 0 Å². The van der Waals surface area contributed by atoms with Crippen molar-refractivity contribution in [3.05, 3.63) is 89.7 Å². The molecule has 2 aromatic carbocycles. The van der Waals surface area contributed by atoms with Crippen LogP contribution in [0.5, 0.6) is 0 Å². The summed E-state index contributed by atoms with van der Waals surface area (Å²) in [5.74, 6) is -0.343. The van der Waals surface area contributed by atoms with Gasteiger partial charge in [-0.1, -0.05) is 0 Å². The molecule has 0 atom stereocenters. The Bertz CT molecular complexity index is 1510. The number of amides is 1. The van der Waals surface area contributed by atoms with Gasteiger partial charge in [0.1, 0.15) is 6.61 Å². The molecule has 0 aliphatic carbocycles. The molecule has 247 valence electrons. The molecule has 0 saturated carbocycles. The van der Waals surface area contributed by atoms with Crippen LogP contribution in [-0.2, 0) is 14.3 Å². The Labute approximate surface area is 289 Å². The van der Waals surface area contributed by atoms with E-state index in [9.17, 15) is 9.59 Å². The van der Waals surface area contributed by atoms with E-state index in [4.69, 9.17) is 14.5 Å². The smallest absolute Gasteiger partial charge is 0.412 e. The maximum atomic E-state index is 13.2. The summed E-state index contributed by atoms with van der Waals surface area (Å²) in [4.78, 5) is 28.9. The van der Waals surface area contributed by atoms with Gasteiger partial charge in [-0.2, -0.15) is 0 Å². The molecule has 16 heteroatoms.